The van der Waals surface area contributed by atoms with Crippen LogP contribution in [0.4, 0.5) is 0 Å². The number of benzene rings is 1. The Morgan fingerprint density at radius 3 is 3.00 bits per heavy atom. The molecule has 1 rings (SSSR count). The first-order valence-electron chi connectivity index (χ1n) is 5.38. The Morgan fingerprint density at radius 2 is 2.35 bits per heavy atom. The van der Waals surface area contributed by atoms with Gasteiger partial charge in [0.1, 0.15) is 0 Å². The summed E-state index contributed by atoms with van der Waals surface area (Å²) < 4.78 is 0. The monoisotopic (exact) mass is 232 g/mol. The molecule has 0 aliphatic carbocycles. The van der Waals surface area contributed by atoms with Crippen molar-refractivity contribution in [3.8, 4) is 0 Å². The van der Waals surface area contributed by atoms with Crippen LogP contribution in [0, 0.1) is 0 Å². The molecule has 0 fully saturated rings. The van der Waals surface area contributed by atoms with Crippen LogP contribution in [0.25, 0.3) is 5.70 Å². The molecule has 0 bridgehead atoms. The highest BCUT2D eigenvalue weighted by Crippen LogP contribution is 2.16. The smallest absolute Gasteiger partial charge is 0.207 e. The van der Waals surface area contributed by atoms with Crippen LogP contribution in [-0.4, -0.2) is 24.3 Å². The van der Waals surface area contributed by atoms with Crippen molar-refractivity contribution in [2.45, 2.75) is 13.5 Å². The first-order chi connectivity index (χ1) is 8.31. The molecule has 4 heteroatoms. The zero-order valence-electron chi connectivity index (χ0n) is 9.76. The number of hydrogen-bond acceptors (Lipinski definition) is 3. The van der Waals surface area contributed by atoms with Crippen LogP contribution in [0.3, 0.4) is 0 Å². The second-order valence-electron chi connectivity index (χ2n) is 3.37. The van der Waals surface area contributed by atoms with Gasteiger partial charge in [-0.1, -0.05) is 24.3 Å². The summed E-state index contributed by atoms with van der Waals surface area (Å²) in [7, 11) is 0. The molecule has 0 atom stereocenters. The van der Waals surface area contributed by atoms with Crippen molar-refractivity contribution in [2.24, 2.45) is 4.99 Å². The van der Waals surface area contributed by atoms with Crippen LogP contribution >= 0.6 is 0 Å². The molecule has 0 heterocycles. The van der Waals surface area contributed by atoms with Gasteiger partial charge in [0.15, 0.2) is 0 Å². The Bertz CT molecular complexity index is 425. The van der Waals surface area contributed by atoms with Gasteiger partial charge in [0, 0.05) is 11.8 Å². The van der Waals surface area contributed by atoms with E-state index in [1.54, 1.807) is 6.21 Å². The molecule has 0 spiro atoms. The van der Waals surface area contributed by atoms with Gasteiger partial charge in [-0.25, -0.2) is 0 Å². The van der Waals surface area contributed by atoms with Crippen molar-refractivity contribution >= 4 is 18.3 Å². The van der Waals surface area contributed by atoms with E-state index in [0.29, 0.717) is 13.0 Å². The SMILES string of the molecule is C/C=C(\N=CCNC=O)c1cccc(CO)c1. The maximum absolute atomic E-state index is 10.1. The predicted octanol–water partition coefficient (Wildman–Crippen LogP) is 1.36. The van der Waals surface area contributed by atoms with E-state index in [2.05, 4.69) is 10.3 Å². The van der Waals surface area contributed by atoms with E-state index in [9.17, 15) is 4.79 Å². The third-order valence-corrected chi connectivity index (χ3v) is 2.20. The zero-order valence-corrected chi connectivity index (χ0v) is 9.76. The second-order valence-corrected chi connectivity index (χ2v) is 3.37. The molecule has 1 aromatic rings. The first kappa shape index (κ1) is 13.1. The van der Waals surface area contributed by atoms with Gasteiger partial charge >= 0.3 is 0 Å². The number of amides is 1. The number of allylic oxidation sites excluding steroid dienone is 1. The molecular weight excluding hydrogens is 216 g/mol. The third kappa shape index (κ3) is 4.20. The van der Waals surface area contributed by atoms with Gasteiger partial charge in [0.05, 0.1) is 18.8 Å². The summed E-state index contributed by atoms with van der Waals surface area (Å²) in [6, 6.07) is 7.55. The number of carbonyl (C=O) groups excluding carboxylic acids is 1. The van der Waals surface area contributed by atoms with Gasteiger partial charge in [0.25, 0.3) is 0 Å². The second kappa shape index (κ2) is 7.35. The Kier molecular flexibility index (Phi) is 5.68. The van der Waals surface area contributed by atoms with Crippen molar-refractivity contribution in [1.29, 1.82) is 0 Å². The summed E-state index contributed by atoms with van der Waals surface area (Å²) in [5.74, 6) is 0. The normalized spacial score (nSPS) is 11.8. The molecule has 0 aromatic heterocycles. The van der Waals surface area contributed by atoms with Gasteiger partial charge in [-0.3, -0.25) is 9.79 Å². The molecule has 0 saturated carbocycles. The maximum atomic E-state index is 10.1. The molecule has 2 N–H and O–H groups in total. The predicted molar refractivity (Wildman–Crippen MR) is 68.6 cm³/mol. The molecule has 4 nitrogen and oxygen atoms in total. The van der Waals surface area contributed by atoms with E-state index >= 15 is 0 Å². The molecule has 17 heavy (non-hydrogen) atoms. The number of nitrogens with zero attached hydrogens (tertiary/aromatic N) is 1. The lowest BCUT2D eigenvalue weighted by atomic mass is 10.1. The van der Waals surface area contributed by atoms with Crippen molar-refractivity contribution < 1.29 is 9.90 Å². The summed E-state index contributed by atoms with van der Waals surface area (Å²) in [4.78, 5) is 14.3. The molecule has 90 valence electrons. The summed E-state index contributed by atoms with van der Waals surface area (Å²) in [6.45, 7) is 2.31. The number of nitrogens with one attached hydrogen (secondary N) is 1. The number of carbonyl (C=O) groups is 1. The van der Waals surface area contributed by atoms with Crippen LogP contribution in [0.15, 0.2) is 35.3 Å². The fourth-order valence-corrected chi connectivity index (χ4v) is 1.39. The fraction of sp³-hybridized carbons (Fsp3) is 0.231. The molecule has 0 aliphatic rings. The molecule has 0 aliphatic heterocycles. The molecule has 1 amide bonds. The number of aliphatic imine (C=N–C) groups is 1. The van der Waals surface area contributed by atoms with Gasteiger partial charge < -0.3 is 10.4 Å². The molecule has 0 unspecified atom stereocenters. The summed E-state index contributed by atoms with van der Waals surface area (Å²) in [5, 5.41) is 11.6. The van der Waals surface area contributed by atoms with E-state index in [-0.39, 0.29) is 6.61 Å². The highest BCUT2D eigenvalue weighted by Gasteiger charge is 1.99. The van der Waals surface area contributed by atoms with Crippen LogP contribution < -0.4 is 5.32 Å². The highest BCUT2D eigenvalue weighted by molar-refractivity contribution is 5.75. The standard InChI is InChI=1S/C13H16N2O2/c1-2-13(15-7-6-14-10-17)12-5-3-4-11(8-12)9-16/h2-5,7-8,10,16H,6,9H2,1H3,(H,14,17)/b13-2-,15-7?. The minimum atomic E-state index is 0.0151. The maximum Gasteiger partial charge on any atom is 0.207 e. The van der Waals surface area contributed by atoms with Crippen LogP contribution in [-0.2, 0) is 11.4 Å². The summed E-state index contributed by atoms with van der Waals surface area (Å²) in [5.41, 5.74) is 2.61. The van der Waals surface area contributed by atoms with Gasteiger partial charge in [-0.2, -0.15) is 0 Å². The topological polar surface area (TPSA) is 61.7 Å². The minimum Gasteiger partial charge on any atom is -0.392 e. The van der Waals surface area contributed by atoms with E-state index in [4.69, 9.17) is 5.11 Å². The zero-order chi connectivity index (χ0) is 12.5. The Morgan fingerprint density at radius 1 is 1.53 bits per heavy atom. The van der Waals surface area contributed by atoms with Crippen LogP contribution in [0.1, 0.15) is 18.1 Å². The van der Waals surface area contributed by atoms with Crippen molar-refractivity contribution in [3.63, 3.8) is 0 Å². The number of aliphatic hydroxyl groups is 1. The Balaban J connectivity index is 2.79. The highest BCUT2D eigenvalue weighted by atomic mass is 16.3. The van der Waals surface area contributed by atoms with E-state index in [1.807, 2.05) is 37.3 Å². The lowest BCUT2D eigenvalue weighted by Crippen LogP contribution is -2.12. The number of aliphatic hydroxyl groups excluding tert-OH is 1. The number of rotatable bonds is 6. The van der Waals surface area contributed by atoms with Crippen molar-refractivity contribution in [2.75, 3.05) is 6.54 Å². The van der Waals surface area contributed by atoms with Crippen molar-refractivity contribution in [1.82, 2.24) is 5.32 Å². The summed E-state index contributed by atoms with van der Waals surface area (Å²) in [6.07, 6.45) is 4.15. The van der Waals surface area contributed by atoms with Crippen molar-refractivity contribution in [3.05, 3.63) is 41.5 Å². The Hall–Kier alpha value is -1.94. The summed E-state index contributed by atoms with van der Waals surface area (Å²) >= 11 is 0. The van der Waals surface area contributed by atoms with E-state index in [1.165, 1.54) is 0 Å². The third-order valence-electron chi connectivity index (χ3n) is 2.20. The largest absolute Gasteiger partial charge is 0.392 e. The lowest BCUT2D eigenvalue weighted by Gasteiger charge is -2.03. The first-order valence-corrected chi connectivity index (χ1v) is 5.38. The quantitative estimate of drug-likeness (QED) is 0.442. The van der Waals surface area contributed by atoms with Crippen LogP contribution in [0.5, 0.6) is 0 Å². The van der Waals surface area contributed by atoms with Gasteiger partial charge in [0.2, 0.25) is 6.41 Å². The molecule has 1 aromatic carbocycles. The molecule has 0 radical (unpaired) electrons. The van der Waals surface area contributed by atoms with Gasteiger partial charge in [-0.15, -0.1) is 0 Å². The molecule has 0 saturated heterocycles. The van der Waals surface area contributed by atoms with Gasteiger partial charge in [-0.05, 0) is 18.6 Å². The molecular formula is C13H16N2O2. The van der Waals surface area contributed by atoms with Crippen LogP contribution in [0.2, 0.25) is 0 Å². The average Bonchev–Trinajstić information content (AvgIpc) is 2.39. The average molecular weight is 232 g/mol. The Labute approximate surface area is 101 Å². The fourth-order valence-electron chi connectivity index (χ4n) is 1.39. The lowest BCUT2D eigenvalue weighted by molar-refractivity contribution is -0.109. The van der Waals surface area contributed by atoms with E-state index in [0.717, 1.165) is 16.8 Å². The minimum absolute atomic E-state index is 0.0151. The number of hydrogen-bond donors (Lipinski definition) is 2. The van der Waals surface area contributed by atoms with E-state index < -0.39 is 0 Å².